The Morgan fingerprint density at radius 2 is 1.36 bits per heavy atom. The lowest BCUT2D eigenvalue weighted by Crippen LogP contribution is -2.31. The van der Waals surface area contributed by atoms with Crippen LogP contribution >= 0.6 is 11.6 Å². The van der Waals surface area contributed by atoms with E-state index in [2.05, 4.69) is 0 Å². The van der Waals surface area contributed by atoms with E-state index in [1.165, 1.54) is 30.3 Å². The molecule has 4 aromatic carbocycles. The van der Waals surface area contributed by atoms with Gasteiger partial charge in [-0.25, -0.2) is 13.2 Å². The van der Waals surface area contributed by atoms with E-state index in [-0.39, 0.29) is 35.5 Å². The van der Waals surface area contributed by atoms with Gasteiger partial charge in [0.15, 0.2) is 5.75 Å². The predicted octanol–water partition coefficient (Wildman–Crippen LogP) is 9.40. The van der Waals surface area contributed by atoms with Crippen LogP contribution in [0.15, 0.2) is 103 Å². The second kappa shape index (κ2) is 18.5. The van der Waals surface area contributed by atoms with Gasteiger partial charge in [0.1, 0.15) is 5.75 Å². The van der Waals surface area contributed by atoms with Crippen LogP contribution in [-0.2, 0) is 27.5 Å². The van der Waals surface area contributed by atoms with E-state index in [0.29, 0.717) is 25.1 Å². The normalized spacial score (nSPS) is 12.3. The third kappa shape index (κ3) is 14.8. The van der Waals surface area contributed by atoms with Gasteiger partial charge in [0.2, 0.25) is 10.0 Å². The van der Waals surface area contributed by atoms with Crippen molar-refractivity contribution in [1.29, 1.82) is 0 Å². The number of halogens is 10. The maximum Gasteiger partial charge on any atom is 0.490 e. The molecule has 18 heteroatoms. The topological polar surface area (TPSA) is 95.9 Å². The zero-order chi connectivity index (χ0) is 39.5. The van der Waals surface area contributed by atoms with Crippen molar-refractivity contribution in [2.45, 2.75) is 37.4 Å². The Hall–Kier alpha value is -4.48. The molecule has 0 aliphatic heterocycles. The van der Waals surface area contributed by atoms with E-state index in [0.717, 1.165) is 17.2 Å². The highest BCUT2D eigenvalue weighted by atomic mass is 35.5. The molecule has 0 saturated heterocycles. The molecular formula is C35H32ClF9N2O5S. The first kappa shape index (κ1) is 42.9. The molecule has 288 valence electrons. The van der Waals surface area contributed by atoms with Crippen LogP contribution in [0.2, 0.25) is 5.02 Å². The molecule has 0 radical (unpaired) electrons. The molecule has 0 fully saturated rings. The van der Waals surface area contributed by atoms with Crippen LogP contribution in [0, 0.1) is 0 Å². The number of sulfonamides is 1. The molecular weight excluding hydrogens is 767 g/mol. The number of nitrogens with one attached hydrogen (secondary N) is 1. The van der Waals surface area contributed by atoms with Crippen LogP contribution in [0.1, 0.15) is 34.6 Å². The van der Waals surface area contributed by atoms with Gasteiger partial charge in [-0.3, -0.25) is 9.62 Å². The number of carboxylic acid groups (broad SMARTS) is 1. The van der Waals surface area contributed by atoms with Gasteiger partial charge < -0.3 is 9.84 Å². The number of aliphatic carboxylic acids is 1. The van der Waals surface area contributed by atoms with Crippen molar-refractivity contribution in [2.24, 2.45) is 0 Å². The number of anilines is 1. The molecule has 0 amide bonds. The molecule has 4 aromatic rings. The van der Waals surface area contributed by atoms with Gasteiger partial charge in [-0.2, -0.15) is 39.5 Å². The summed E-state index contributed by atoms with van der Waals surface area (Å²) in [7, 11) is -4.67. The minimum Gasteiger partial charge on any atom is -0.493 e. The number of alkyl halides is 9. The van der Waals surface area contributed by atoms with Crippen LogP contribution in [0.25, 0.3) is 0 Å². The highest BCUT2D eigenvalue weighted by molar-refractivity contribution is 7.92. The van der Waals surface area contributed by atoms with Crippen molar-refractivity contribution in [3.8, 4) is 5.75 Å². The highest BCUT2D eigenvalue weighted by Crippen LogP contribution is 2.37. The number of rotatable bonds is 14. The van der Waals surface area contributed by atoms with Crippen molar-refractivity contribution >= 4 is 33.3 Å². The standard InChI is InChI=1S/C33H31ClF6N2O3S.C2HF3O2/c34-31-26(14-7-17-30(31)33(38,39)40)21-42(22-29(24-10-3-1-4-11-24)25-12-5-2-6-13-25)18-9-19-45-28-16-8-15-27(20-28)41-46(43,44)23-32(35,36)37;3-2(4,5)1(6)7/h1-8,10-17,20,29,41H,9,18-19,21-23H2;(H,6,7). The van der Waals surface area contributed by atoms with E-state index in [9.17, 15) is 47.9 Å². The van der Waals surface area contributed by atoms with Crippen LogP contribution in [0.4, 0.5) is 45.2 Å². The molecule has 0 aromatic heterocycles. The number of carbonyl (C=O) groups is 1. The maximum atomic E-state index is 13.6. The summed E-state index contributed by atoms with van der Waals surface area (Å²) in [6, 6.07) is 28.8. The molecule has 2 N–H and O–H groups in total. The second-order valence-electron chi connectivity index (χ2n) is 11.4. The van der Waals surface area contributed by atoms with Crippen LogP contribution in [-0.4, -0.2) is 62.2 Å². The van der Waals surface area contributed by atoms with Crippen LogP contribution in [0.3, 0.4) is 0 Å². The van der Waals surface area contributed by atoms with Crippen molar-refractivity contribution in [3.05, 3.63) is 130 Å². The van der Waals surface area contributed by atoms with Gasteiger partial charge in [0.05, 0.1) is 22.9 Å². The Morgan fingerprint density at radius 3 is 1.87 bits per heavy atom. The summed E-state index contributed by atoms with van der Waals surface area (Å²) in [5.74, 6) is -4.67. The lowest BCUT2D eigenvalue weighted by Gasteiger charge is -2.29. The minimum atomic E-state index is -5.08. The van der Waals surface area contributed by atoms with E-state index < -0.39 is 45.8 Å². The van der Waals surface area contributed by atoms with Crippen LogP contribution in [0.5, 0.6) is 5.75 Å². The summed E-state index contributed by atoms with van der Waals surface area (Å²) < 4.78 is 142. The SMILES string of the molecule is O=C(O)C(F)(F)F.O=S(=O)(CC(F)(F)F)Nc1cccc(OCCCN(Cc2cccc(C(F)(F)F)c2Cl)CC(c2ccccc2)c2ccccc2)c1. The largest absolute Gasteiger partial charge is 0.493 e. The number of ether oxygens (including phenoxy) is 1. The molecule has 0 saturated carbocycles. The van der Waals surface area contributed by atoms with Gasteiger partial charge in [-0.1, -0.05) is 90.5 Å². The Bertz CT molecular complexity index is 1840. The monoisotopic (exact) mass is 798 g/mol. The Morgan fingerprint density at radius 1 is 0.811 bits per heavy atom. The van der Waals surface area contributed by atoms with E-state index >= 15 is 0 Å². The summed E-state index contributed by atoms with van der Waals surface area (Å²) in [5.41, 5.74) is 1.36. The fourth-order valence-corrected chi connectivity index (χ4v) is 6.27. The lowest BCUT2D eigenvalue weighted by atomic mass is 9.90. The zero-order valence-electron chi connectivity index (χ0n) is 27.4. The fourth-order valence-electron chi connectivity index (χ4n) is 4.99. The average molecular weight is 799 g/mol. The molecule has 0 aliphatic carbocycles. The van der Waals surface area contributed by atoms with E-state index in [1.54, 1.807) is 6.07 Å². The molecule has 0 unspecified atom stereocenters. The van der Waals surface area contributed by atoms with Crippen molar-refractivity contribution in [3.63, 3.8) is 0 Å². The maximum absolute atomic E-state index is 13.6. The van der Waals surface area contributed by atoms with Crippen molar-refractivity contribution in [1.82, 2.24) is 4.90 Å². The van der Waals surface area contributed by atoms with E-state index in [4.69, 9.17) is 26.2 Å². The minimum absolute atomic E-state index is 0.0869. The molecule has 0 aliphatic rings. The van der Waals surface area contributed by atoms with Crippen LogP contribution < -0.4 is 9.46 Å². The number of hydrogen-bond donors (Lipinski definition) is 2. The Kier molecular flexibility index (Phi) is 15.0. The zero-order valence-corrected chi connectivity index (χ0v) is 28.9. The Balaban J connectivity index is 0.000000980. The summed E-state index contributed by atoms with van der Waals surface area (Å²) in [6.07, 6.45) is -14.2. The molecule has 0 spiro atoms. The first-order valence-corrected chi connectivity index (χ1v) is 17.4. The second-order valence-corrected chi connectivity index (χ2v) is 13.5. The number of benzene rings is 4. The third-order valence-electron chi connectivity index (χ3n) is 7.21. The highest BCUT2D eigenvalue weighted by Gasteiger charge is 2.38. The molecule has 4 rings (SSSR count). The third-order valence-corrected chi connectivity index (χ3v) is 8.91. The molecule has 0 bridgehead atoms. The molecule has 53 heavy (non-hydrogen) atoms. The first-order valence-electron chi connectivity index (χ1n) is 15.4. The van der Waals surface area contributed by atoms with Gasteiger partial charge in [-0.05, 0) is 41.3 Å². The summed E-state index contributed by atoms with van der Waals surface area (Å²) in [4.78, 5) is 10.9. The van der Waals surface area contributed by atoms with Gasteiger partial charge in [-0.15, -0.1) is 0 Å². The average Bonchev–Trinajstić information content (AvgIpc) is 3.05. The summed E-state index contributed by atoms with van der Waals surface area (Å²) in [5, 5.41) is 6.76. The summed E-state index contributed by atoms with van der Waals surface area (Å²) in [6.45, 7) is 1.08. The molecule has 0 heterocycles. The quantitative estimate of drug-likeness (QED) is 0.0976. The summed E-state index contributed by atoms with van der Waals surface area (Å²) >= 11 is 6.26. The smallest absolute Gasteiger partial charge is 0.490 e. The first-order chi connectivity index (χ1) is 24.6. The lowest BCUT2D eigenvalue weighted by molar-refractivity contribution is -0.192. The van der Waals surface area contributed by atoms with Gasteiger partial charge in [0, 0.05) is 31.6 Å². The van der Waals surface area contributed by atoms with Gasteiger partial charge in [0.25, 0.3) is 0 Å². The molecule has 7 nitrogen and oxygen atoms in total. The van der Waals surface area contributed by atoms with E-state index in [1.807, 2.05) is 70.3 Å². The number of carboxylic acids is 1. The predicted molar refractivity (Wildman–Crippen MR) is 180 cm³/mol. The van der Waals surface area contributed by atoms with Gasteiger partial charge >= 0.3 is 24.5 Å². The fraction of sp³-hybridized carbons (Fsp3) is 0.286. The number of hydrogen-bond acceptors (Lipinski definition) is 5. The van der Waals surface area contributed by atoms with Crippen molar-refractivity contribution < 1.29 is 62.6 Å². The Labute approximate surface area is 304 Å². The number of nitrogens with zero attached hydrogens (tertiary/aromatic N) is 1. The molecule has 0 atom stereocenters. The van der Waals surface area contributed by atoms with Crippen molar-refractivity contribution in [2.75, 3.05) is 30.2 Å².